The van der Waals surface area contributed by atoms with E-state index in [-0.39, 0.29) is 23.9 Å². The Morgan fingerprint density at radius 2 is 2.17 bits per heavy atom. The molecular weight excluding hydrogens is 234 g/mol. The molecule has 18 heavy (non-hydrogen) atoms. The highest BCUT2D eigenvalue weighted by molar-refractivity contribution is 5.96. The van der Waals surface area contributed by atoms with Crippen molar-refractivity contribution in [3.8, 4) is 0 Å². The van der Waals surface area contributed by atoms with Crippen molar-refractivity contribution >= 4 is 11.8 Å². The molecule has 0 radical (unpaired) electrons. The van der Waals surface area contributed by atoms with Crippen LogP contribution in [0.15, 0.2) is 10.9 Å². The molecule has 0 amide bonds. The number of fused-ring (bicyclic) bond motifs is 2. The number of nitrogens with zero attached hydrogens (tertiary/aromatic N) is 1. The van der Waals surface area contributed by atoms with E-state index in [2.05, 4.69) is 0 Å². The fourth-order valence-corrected chi connectivity index (χ4v) is 2.72. The van der Waals surface area contributed by atoms with Gasteiger partial charge in [0.25, 0.3) is 5.56 Å². The van der Waals surface area contributed by atoms with Gasteiger partial charge in [-0.2, -0.15) is 0 Å². The molecule has 0 unspecified atom stereocenters. The SMILES string of the molecule is CC[C@@H]1C(=O)OCc2c1cc1n(c2=O)CCC1=O. The van der Waals surface area contributed by atoms with Crippen molar-refractivity contribution in [3.63, 3.8) is 0 Å². The summed E-state index contributed by atoms with van der Waals surface area (Å²) in [7, 11) is 0. The maximum Gasteiger partial charge on any atom is 0.313 e. The molecule has 1 atom stereocenters. The minimum atomic E-state index is -0.416. The van der Waals surface area contributed by atoms with Gasteiger partial charge in [-0.15, -0.1) is 0 Å². The van der Waals surface area contributed by atoms with E-state index in [4.69, 9.17) is 4.74 Å². The third kappa shape index (κ3) is 1.36. The van der Waals surface area contributed by atoms with E-state index >= 15 is 0 Å². The Hall–Kier alpha value is -1.91. The molecule has 0 saturated heterocycles. The second kappa shape index (κ2) is 3.80. The van der Waals surface area contributed by atoms with E-state index in [1.165, 1.54) is 4.57 Å². The number of cyclic esters (lactones) is 1. The Bertz CT molecular complexity index is 614. The molecule has 1 aromatic heterocycles. The van der Waals surface area contributed by atoms with Gasteiger partial charge in [-0.05, 0) is 18.1 Å². The number of Topliss-reactive ketones (excluding diaryl/α,β-unsaturated/α-hetero) is 1. The maximum atomic E-state index is 12.2. The van der Waals surface area contributed by atoms with Gasteiger partial charge in [0, 0.05) is 13.0 Å². The summed E-state index contributed by atoms with van der Waals surface area (Å²) in [5.74, 6) is -0.746. The van der Waals surface area contributed by atoms with Crippen LogP contribution in [0, 0.1) is 0 Å². The number of hydrogen-bond donors (Lipinski definition) is 0. The topological polar surface area (TPSA) is 65.4 Å². The molecule has 0 fully saturated rings. The van der Waals surface area contributed by atoms with Crippen LogP contribution in [0.4, 0.5) is 0 Å². The Balaban J connectivity index is 2.27. The van der Waals surface area contributed by atoms with Crippen LogP contribution in [0.1, 0.15) is 47.3 Å². The number of rotatable bonds is 1. The van der Waals surface area contributed by atoms with Crippen LogP contribution >= 0.6 is 0 Å². The summed E-state index contributed by atoms with van der Waals surface area (Å²) in [6.45, 7) is 2.33. The molecule has 0 aliphatic carbocycles. The molecule has 3 heterocycles. The predicted molar refractivity (Wildman–Crippen MR) is 62.5 cm³/mol. The predicted octanol–water partition coefficient (Wildman–Crippen LogP) is 0.985. The first-order valence-electron chi connectivity index (χ1n) is 6.10. The van der Waals surface area contributed by atoms with Gasteiger partial charge in [-0.25, -0.2) is 0 Å². The van der Waals surface area contributed by atoms with Gasteiger partial charge in [-0.1, -0.05) is 6.92 Å². The highest BCUT2D eigenvalue weighted by Gasteiger charge is 2.33. The van der Waals surface area contributed by atoms with E-state index in [1.54, 1.807) is 6.07 Å². The van der Waals surface area contributed by atoms with Crippen molar-refractivity contribution in [2.24, 2.45) is 0 Å². The number of ketones is 1. The second-order valence-electron chi connectivity index (χ2n) is 4.66. The van der Waals surface area contributed by atoms with Crippen LogP contribution in [0.5, 0.6) is 0 Å². The highest BCUT2D eigenvalue weighted by Crippen LogP contribution is 2.30. The number of hydrogen-bond acceptors (Lipinski definition) is 4. The summed E-state index contributed by atoms with van der Waals surface area (Å²) >= 11 is 0. The first-order chi connectivity index (χ1) is 8.63. The van der Waals surface area contributed by atoms with Crippen molar-refractivity contribution in [2.45, 2.75) is 38.8 Å². The minimum Gasteiger partial charge on any atom is -0.460 e. The van der Waals surface area contributed by atoms with Crippen LogP contribution in [-0.2, 0) is 22.7 Å². The smallest absolute Gasteiger partial charge is 0.313 e. The zero-order valence-corrected chi connectivity index (χ0v) is 10.1. The molecule has 94 valence electrons. The second-order valence-corrected chi connectivity index (χ2v) is 4.66. The van der Waals surface area contributed by atoms with Crippen molar-refractivity contribution in [1.82, 2.24) is 4.57 Å². The number of esters is 1. The molecule has 2 aliphatic heterocycles. The van der Waals surface area contributed by atoms with Crippen LogP contribution in [-0.4, -0.2) is 16.3 Å². The third-order valence-corrected chi connectivity index (χ3v) is 3.71. The van der Waals surface area contributed by atoms with Crippen LogP contribution in [0.2, 0.25) is 0 Å². The maximum absolute atomic E-state index is 12.2. The molecule has 0 saturated carbocycles. The van der Waals surface area contributed by atoms with E-state index < -0.39 is 5.92 Å². The number of pyridine rings is 1. The van der Waals surface area contributed by atoms with E-state index in [1.807, 2.05) is 6.92 Å². The molecule has 5 heteroatoms. The summed E-state index contributed by atoms with van der Waals surface area (Å²) in [5, 5.41) is 0. The van der Waals surface area contributed by atoms with Gasteiger partial charge in [-0.3, -0.25) is 14.4 Å². The van der Waals surface area contributed by atoms with Gasteiger partial charge in [0.1, 0.15) is 6.61 Å². The van der Waals surface area contributed by atoms with Crippen LogP contribution in [0.25, 0.3) is 0 Å². The van der Waals surface area contributed by atoms with Gasteiger partial charge in [0.05, 0.1) is 17.2 Å². The molecule has 0 spiro atoms. The first-order valence-corrected chi connectivity index (χ1v) is 6.10. The molecule has 2 aliphatic rings. The van der Waals surface area contributed by atoms with Crippen LogP contribution in [0.3, 0.4) is 0 Å². The zero-order chi connectivity index (χ0) is 12.9. The first kappa shape index (κ1) is 11.2. The average molecular weight is 247 g/mol. The number of ether oxygens (including phenoxy) is 1. The lowest BCUT2D eigenvalue weighted by Gasteiger charge is -2.24. The lowest BCUT2D eigenvalue weighted by Crippen LogP contribution is -2.32. The zero-order valence-electron chi connectivity index (χ0n) is 10.1. The van der Waals surface area contributed by atoms with Crippen molar-refractivity contribution in [2.75, 3.05) is 0 Å². The standard InChI is InChI=1S/C13H13NO4/c1-2-7-8-5-10-11(15)3-4-14(10)12(16)9(8)6-18-13(7)17/h5,7H,2-4,6H2,1H3/t7-/m0/s1. The lowest BCUT2D eigenvalue weighted by atomic mass is 9.90. The van der Waals surface area contributed by atoms with Gasteiger partial charge >= 0.3 is 5.97 Å². The number of carbonyl (C=O) groups excluding carboxylic acids is 2. The average Bonchev–Trinajstić information content (AvgIpc) is 2.72. The largest absolute Gasteiger partial charge is 0.460 e. The van der Waals surface area contributed by atoms with Gasteiger partial charge in [0.2, 0.25) is 0 Å². The molecule has 5 nitrogen and oxygen atoms in total. The third-order valence-electron chi connectivity index (χ3n) is 3.71. The Kier molecular flexibility index (Phi) is 2.36. The molecule has 1 aromatic rings. The van der Waals surface area contributed by atoms with Gasteiger partial charge < -0.3 is 9.30 Å². The lowest BCUT2D eigenvalue weighted by molar-refractivity contribution is -0.148. The summed E-state index contributed by atoms with van der Waals surface area (Å²) in [4.78, 5) is 35.6. The fourth-order valence-electron chi connectivity index (χ4n) is 2.72. The monoisotopic (exact) mass is 247 g/mol. The van der Waals surface area contributed by atoms with E-state index in [0.29, 0.717) is 36.2 Å². The fraction of sp³-hybridized carbons (Fsp3) is 0.462. The summed E-state index contributed by atoms with van der Waals surface area (Å²) in [6, 6.07) is 1.71. The van der Waals surface area contributed by atoms with Crippen molar-refractivity contribution in [3.05, 3.63) is 33.2 Å². The molecule has 3 rings (SSSR count). The molecule has 0 N–H and O–H groups in total. The summed E-state index contributed by atoms with van der Waals surface area (Å²) in [6.07, 6.45) is 0.937. The van der Waals surface area contributed by atoms with Crippen molar-refractivity contribution < 1.29 is 14.3 Å². The Morgan fingerprint density at radius 1 is 1.39 bits per heavy atom. The van der Waals surface area contributed by atoms with Gasteiger partial charge in [0.15, 0.2) is 5.78 Å². The van der Waals surface area contributed by atoms with E-state index in [0.717, 1.165) is 0 Å². The van der Waals surface area contributed by atoms with Crippen molar-refractivity contribution in [1.29, 1.82) is 0 Å². The minimum absolute atomic E-state index is 0.0244. The summed E-state index contributed by atoms with van der Waals surface area (Å²) in [5.41, 5.74) is 1.46. The number of carbonyl (C=O) groups is 2. The molecule has 0 aromatic carbocycles. The molecule has 0 bridgehead atoms. The number of aromatic nitrogens is 1. The Morgan fingerprint density at radius 3 is 2.89 bits per heavy atom. The normalized spacial score (nSPS) is 21.5. The quantitative estimate of drug-likeness (QED) is 0.694. The summed E-state index contributed by atoms with van der Waals surface area (Å²) < 4.78 is 6.53. The van der Waals surface area contributed by atoms with E-state index in [9.17, 15) is 14.4 Å². The highest BCUT2D eigenvalue weighted by atomic mass is 16.5. The molecular formula is C13H13NO4. The van der Waals surface area contributed by atoms with Crippen LogP contribution < -0.4 is 5.56 Å². The Labute approximate surface area is 103 Å².